The van der Waals surface area contributed by atoms with Gasteiger partial charge in [-0.2, -0.15) is 19.8 Å². The van der Waals surface area contributed by atoms with Crippen LogP contribution in [0.15, 0.2) is 28.2 Å². The summed E-state index contributed by atoms with van der Waals surface area (Å²) in [6.07, 6.45) is 3.94. The molecule has 182 valence electrons. The van der Waals surface area contributed by atoms with E-state index in [0.717, 1.165) is 5.57 Å². The fourth-order valence-electron chi connectivity index (χ4n) is 2.58. The molecule has 0 amide bonds. The topological polar surface area (TPSA) is 215 Å². The minimum Gasteiger partial charge on any atom is -0.371 e. The lowest BCUT2D eigenvalue weighted by molar-refractivity contribution is 0.139. The van der Waals surface area contributed by atoms with Crippen LogP contribution < -0.4 is 10.3 Å². The molecule has 0 saturated carbocycles. The third kappa shape index (κ3) is 6.19. The monoisotopic (exact) mass is 481 g/mol. The van der Waals surface area contributed by atoms with Gasteiger partial charge in [0.25, 0.3) is 17.8 Å². The third-order valence-electron chi connectivity index (χ3n) is 4.40. The smallest absolute Gasteiger partial charge is 0.270 e. The zero-order valence-electron chi connectivity index (χ0n) is 19.4. The molecule has 0 saturated heterocycles. The normalized spacial score (nSPS) is 11.9. The second-order valence-corrected chi connectivity index (χ2v) is 7.10. The summed E-state index contributed by atoms with van der Waals surface area (Å²) in [5.74, 6) is 1.92. The Balaban J connectivity index is 1.32. The molecule has 4 aromatic heterocycles. The van der Waals surface area contributed by atoms with Crippen LogP contribution in [0, 0.1) is 0 Å². The molecule has 0 atom stereocenters. The van der Waals surface area contributed by atoms with Crippen molar-refractivity contribution in [3.05, 3.63) is 35.2 Å². The van der Waals surface area contributed by atoms with Crippen LogP contribution in [0.25, 0.3) is 5.95 Å². The van der Waals surface area contributed by atoms with Gasteiger partial charge in [-0.3, -0.25) is 10.4 Å². The summed E-state index contributed by atoms with van der Waals surface area (Å²) >= 11 is 0. The standard InChI is InChI=1S/C17H23N17O/c1-5-10(2)8-35-9-11-7-34(32-22-11)17-19-12(23-30-17)6-13-24-27-15(28-25-13)20-14-21-16(29-26-14)33(4)31-18-3/h5,7H,6,8-9H2,1-4H3,(H,19,23,30)(H2,20,21,26,27,28,29)/b10-5+,31-18?. The van der Waals surface area contributed by atoms with Gasteiger partial charge in [-0.25, -0.2) is 10.1 Å². The molecule has 3 N–H and O–H groups in total. The van der Waals surface area contributed by atoms with Crippen LogP contribution in [0.3, 0.4) is 0 Å². The van der Waals surface area contributed by atoms with Gasteiger partial charge in [0.2, 0.25) is 5.95 Å². The minimum atomic E-state index is 0.136. The van der Waals surface area contributed by atoms with Crippen molar-refractivity contribution in [1.29, 1.82) is 0 Å². The largest absolute Gasteiger partial charge is 0.371 e. The molecule has 0 radical (unpaired) electrons. The lowest BCUT2D eigenvalue weighted by atomic mass is 10.3. The van der Waals surface area contributed by atoms with E-state index < -0.39 is 0 Å². The summed E-state index contributed by atoms with van der Waals surface area (Å²) in [4.78, 5) is 8.57. The van der Waals surface area contributed by atoms with Crippen LogP contribution in [0.2, 0.25) is 0 Å². The quantitative estimate of drug-likeness (QED) is 0.150. The Kier molecular flexibility index (Phi) is 7.31. The van der Waals surface area contributed by atoms with Crippen molar-refractivity contribution in [3.63, 3.8) is 0 Å². The Hall–Kier alpha value is -4.74. The van der Waals surface area contributed by atoms with Gasteiger partial charge in [0, 0.05) is 7.05 Å². The zero-order valence-corrected chi connectivity index (χ0v) is 19.4. The van der Waals surface area contributed by atoms with Crippen LogP contribution in [0.5, 0.6) is 0 Å². The van der Waals surface area contributed by atoms with Gasteiger partial charge in [-0.1, -0.05) is 22.1 Å². The van der Waals surface area contributed by atoms with Crippen molar-refractivity contribution in [2.75, 3.05) is 31.0 Å². The first-order chi connectivity index (χ1) is 17.0. The number of anilines is 3. The SMILES string of the molecule is C/C=C(\C)COCc1cn(-c2n[nH]c(Cc3nnc(Nc4nc(N(C)N=NC)n[nH]4)nn3)n2)nn1. The molecule has 18 heteroatoms. The number of H-pyrrole nitrogens is 2. The summed E-state index contributed by atoms with van der Waals surface area (Å²) in [6.45, 7) is 4.84. The van der Waals surface area contributed by atoms with Gasteiger partial charge in [-0.05, 0) is 13.8 Å². The predicted octanol–water partition coefficient (Wildman–Crippen LogP) is 0.334. The lowest BCUT2D eigenvalue weighted by Crippen LogP contribution is -2.09. The molecule has 0 bridgehead atoms. The van der Waals surface area contributed by atoms with E-state index >= 15 is 0 Å². The minimum absolute atomic E-state index is 0.136. The summed E-state index contributed by atoms with van der Waals surface area (Å²) in [7, 11) is 3.20. The van der Waals surface area contributed by atoms with Crippen molar-refractivity contribution in [2.24, 2.45) is 10.3 Å². The van der Waals surface area contributed by atoms with Crippen molar-refractivity contribution in [3.8, 4) is 5.95 Å². The van der Waals surface area contributed by atoms with Gasteiger partial charge in [-0.15, -0.1) is 35.7 Å². The van der Waals surface area contributed by atoms with E-state index in [4.69, 9.17) is 4.74 Å². The lowest BCUT2D eigenvalue weighted by Gasteiger charge is -2.03. The van der Waals surface area contributed by atoms with Gasteiger partial charge in [0.05, 0.1) is 32.9 Å². The molecular formula is C17H23N17O. The van der Waals surface area contributed by atoms with E-state index in [0.29, 0.717) is 48.4 Å². The summed E-state index contributed by atoms with van der Waals surface area (Å²) < 4.78 is 7.04. The number of nitrogens with one attached hydrogen (secondary N) is 3. The molecule has 0 aliphatic carbocycles. The van der Waals surface area contributed by atoms with Gasteiger partial charge >= 0.3 is 0 Å². The van der Waals surface area contributed by atoms with Crippen LogP contribution in [0.4, 0.5) is 17.8 Å². The highest BCUT2D eigenvalue weighted by atomic mass is 16.5. The number of rotatable bonds is 11. The third-order valence-corrected chi connectivity index (χ3v) is 4.40. The molecule has 4 rings (SSSR count). The van der Waals surface area contributed by atoms with Crippen LogP contribution >= 0.6 is 0 Å². The van der Waals surface area contributed by atoms with E-state index in [2.05, 4.69) is 76.7 Å². The van der Waals surface area contributed by atoms with E-state index in [9.17, 15) is 0 Å². The number of hydrogen-bond acceptors (Lipinski definition) is 14. The van der Waals surface area contributed by atoms with E-state index in [1.165, 1.54) is 9.69 Å². The Morgan fingerprint density at radius 1 is 1.17 bits per heavy atom. The predicted molar refractivity (Wildman–Crippen MR) is 120 cm³/mol. The molecule has 4 heterocycles. The first kappa shape index (κ1) is 23.4. The Morgan fingerprint density at radius 3 is 2.77 bits per heavy atom. The number of nitrogens with zero attached hydrogens (tertiary/aromatic N) is 14. The van der Waals surface area contributed by atoms with Crippen molar-refractivity contribution in [1.82, 2.24) is 65.8 Å². The highest BCUT2D eigenvalue weighted by Crippen LogP contribution is 2.11. The first-order valence-electron chi connectivity index (χ1n) is 10.4. The number of hydrogen-bond donors (Lipinski definition) is 3. The highest BCUT2D eigenvalue weighted by Gasteiger charge is 2.13. The van der Waals surface area contributed by atoms with Crippen LogP contribution in [-0.2, 0) is 17.8 Å². The molecule has 0 unspecified atom stereocenters. The number of aromatic amines is 2. The fraction of sp³-hybridized carbons (Fsp3) is 0.412. The first-order valence-corrected chi connectivity index (χ1v) is 10.4. The molecular weight excluding hydrogens is 458 g/mol. The molecule has 4 aromatic rings. The fourth-order valence-corrected chi connectivity index (χ4v) is 2.58. The maximum atomic E-state index is 5.59. The molecule has 35 heavy (non-hydrogen) atoms. The average Bonchev–Trinajstić information content (AvgIpc) is 3.62. The molecule has 0 aliphatic rings. The Labute approximate surface area is 198 Å². The van der Waals surface area contributed by atoms with Crippen LogP contribution in [0.1, 0.15) is 31.2 Å². The maximum absolute atomic E-state index is 5.59. The van der Waals surface area contributed by atoms with Crippen molar-refractivity contribution < 1.29 is 4.74 Å². The second-order valence-electron chi connectivity index (χ2n) is 7.10. The molecule has 0 spiro atoms. The molecule has 18 nitrogen and oxygen atoms in total. The number of allylic oxidation sites excluding steroid dienone is 1. The highest BCUT2D eigenvalue weighted by molar-refractivity contribution is 5.43. The Morgan fingerprint density at radius 2 is 2.00 bits per heavy atom. The van der Waals surface area contributed by atoms with E-state index in [-0.39, 0.29) is 12.4 Å². The number of aromatic nitrogens is 13. The number of ether oxygens (including phenoxy) is 1. The van der Waals surface area contributed by atoms with Crippen LogP contribution in [-0.4, -0.2) is 86.5 Å². The van der Waals surface area contributed by atoms with Crippen molar-refractivity contribution in [2.45, 2.75) is 26.9 Å². The average molecular weight is 481 g/mol. The second kappa shape index (κ2) is 10.9. The molecule has 0 aromatic carbocycles. The Bertz CT molecular complexity index is 1290. The summed E-state index contributed by atoms with van der Waals surface area (Å²) in [5, 5.41) is 49.5. The van der Waals surface area contributed by atoms with Crippen molar-refractivity contribution >= 4 is 17.8 Å². The van der Waals surface area contributed by atoms with E-state index in [1.807, 2.05) is 19.9 Å². The summed E-state index contributed by atoms with van der Waals surface area (Å²) in [6, 6.07) is 0. The van der Waals surface area contributed by atoms with E-state index in [1.54, 1.807) is 20.3 Å². The van der Waals surface area contributed by atoms with Gasteiger partial charge in [0.15, 0.2) is 5.82 Å². The molecule has 0 aliphatic heterocycles. The van der Waals surface area contributed by atoms with Gasteiger partial charge < -0.3 is 4.74 Å². The zero-order chi connectivity index (χ0) is 24.6. The molecule has 0 fully saturated rings. The summed E-state index contributed by atoms with van der Waals surface area (Å²) in [5.41, 5.74) is 1.81. The van der Waals surface area contributed by atoms with Gasteiger partial charge in [0.1, 0.15) is 11.5 Å². The maximum Gasteiger partial charge on any atom is 0.270 e.